The summed E-state index contributed by atoms with van der Waals surface area (Å²) < 4.78 is 0. The van der Waals surface area contributed by atoms with Crippen molar-refractivity contribution < 1.29 is 43.2 Å². The number of Topliss-reactive ketones (excluding diaryl/α,β-unsaturated/α-hetero) is 2. The van der Waals surface area contributed by atoms with E-state index >= 15 is 0 Å². The van der Waals surface area contributed by atoms with Gasteiger partial charge in [-0.25, -0.2) is 19.9 Å². The van der Waals surface area contributed by atoms with E-state index in [0.717, 1.165) is 115 Å². The Balaban J connectivity index is 0.583. The first kappa shape index (κ1) is 81.7. The first-order valence-electron chi connectivity index (χ1n) is 38.7. The molecule has 4 aromatic heterocycles. The number of carbonyl (C=O) groups is 9. The van der Waals surface area contributed by atoms with E-state index in [2.05, 4.69) is 29.7 Å². The Bertz CT molecular complexity index is 5610. The largest absolute Gasteiger partial charge is 0.368 e. The number of benzene rings is 8. The van der Waals surface area contributed by atoms with Crippen molar-refractivity contribution in [3.8, 4) is 67.8 Å². The van der Waals surface area contributed by atoms with Gasteiger partial charge in [-0.2, -0.15) is 0 Å². The Hall–Kier alpha value is -12.8. The second-order valence-corrected chi connectivity index (χ2v) is 30.4. The number of H-pyrrole nitrogens is 4. The van der Waals surface area contributed by atoms with Crippen LogP contribution in [0.2, 0.25) is 0 Å². The lowest BCUT2D eigenvalue weighted by Crippen LogP contribution is -2.57. The molecule has 4 atom stereocenters. The summed E-state index contributed by atoms with van der Waals surface area (Å²) in [6.07, 6.45) is 3.46. The molecular weight excluding hydrogens is 1450 g/mol. The van der Waals surface area contributed by atoms with Crippen LogP contribution in [-0.2, 0) is 24.0 Å². The molecule has 0 saturated carbocycles. The van der Waals surface area contributed by atoms with Crippen molar-refractivity contribution in [2.45, 2.75) is 90.4 Å². The number of imidazole rings is 4. The van der Waals surface area contributed by atoms with Gasteiger partial charge in [-0.1, -0.05) is 97.1 Å². The van der Waals surface area contributed by atoms with Crippen molar-refractivity contribution in [3.63, 3.8) is 0 Å². The van der Waals surface area contributed by atoms with Crippen LogP contribution in [0.4, 0.5) is 0 Å². The molecule has 0 aliphatic carbocycles. The van der Waals surface area contributed by atoms with E-state index in [-0.39, 0.29) is 24.0 Å². The quantitative estimate of drug-likeness (QED) is 0.0189. The van der Waals surface area contributed by atoms with Crippen LogP contribution in [0, 0.1) is 0 Å². The zero-order valence-corrected chi connectivity index (χ0v) is 67.4. The second kappa shape index (κ2) is 35.5. The molecule has 0 spiro atoms. The number of hydrogen-bond acceptors (Lipinski definition) is 15. The number of carbonyl (C=O) groups excluding carboxylic acids is 9. The Morgan fingerprint density at radius 2 is 0.600 bits per heavy atom. The van der Waals surface area contributed by atoms with Gasteiger partial charge in [0.15, 0.2) is 11.6 Å². The van der Waals surface area contributed by atoms with Crippen LogP contribution in [0.25, 0.3) is 112 Å². The summed E-state index contributed by atoms with van der Waals surface area (Å²) in [6, 6.07) is 49.1. The Morgan fingerprint density at radius 3 is 0.913 bits per heavy atom. The average Bonchev–Trinajstić information content (AvgIpc) is 1.66. The van der Waals surface area contributed by atoms with Gasteiger partial charge in [0.1, 0.15) is 47.5 Å². The minimum absolute atomic E-state index is 0.102. The number of ketones is 2. The van der Waals surface area contributed by atoms with Crippen molar-refractivity contribution >= 4 is 97.1 Å². The fourth-order valence-electron chi connectivity index (χ4n) is 14.0. The molecule has 26 heteroatoms. The molecule has 0 aliphatic rings. The molecule has 594 valence electrons. The normalized spacial score (nSPS) is 12.6. The fourth-order valence-corrected chi connectivity index (χ4v) is 14.0. The summed E-state index contributed by atoms with van der Waals surface area (Å²) in [7, 11) is 15.5. The summed E-state index contributed by atoms with van der Waals surface area (Å²) in [5.41, 5.74) is 21.4. The minimum atomic E-state index is -1.10. The molecule has 7 amide bonds. The van der Waals surface area contributed by atoms with Crippen LogP contribution in [-0.4, -0.2) is 252 Å². The van der Waals surface area contributed by atoms with Gasteiger partial charge in [0.05, 0.1) is 50.7 Å². The molecular formula is C89H99N17O9. The van der Waals surface area contributed by atoms with Gasteiger partial charge >= 0.3 is 0 Å². The molecule has 0 radical (unpaired) electrons. The predicted octanol–water partition coefficient (Wildman–Crippen LogP) is 12.1. The van der Waals surface area contributed by atoms with Gasteiger partial charge in [-0.05, 0) is 190 Å². The van der Waals surface area contributed by atoms with Crippen LogP contribution in [0.15, 0.2) is 170 Å². The first-order valence-corrected chi connectivity index (χ1v) is 38.7. The fraction of sp³-hybridized carbons (Fsp3) is 0.315. The maximum absolute atomic E-state index is 14.1. The highest BCUT2D eigenvalue weighted by atomic mass is 16.2. The number of fused-ring (bicyclic) bond motifs is 4. The number of nitrogens with two attached hydrogens (primary N) is 1. The van der Waals surface area contributed by atoms with E-state index < -0.39 is 66.2 Å². The number of nitrogens with one attached hydrogen (secondary N) is 4. The second-order valence-electron chi connectivity index (χ2n) is 30.4. The Labute approximate surface area is 668 Å². The molecule has 0 saturated heterocycles. The third-order valence-corrected chi connectivity index (χ3v) is 21.7. The van der Waals surface area contributed by atoms with Gasteiger partial charge in [0, 0.05) is 106 Å². The lowest BCUT2D eigenvalue weighted by atomic mass is 10.0. The van der Waals surface area contributed by atoms with Crippen LogP contribution >= 0.6 is 0 Å². The number of unbranched alkanes of at least 4 members (excludes halogenated alkanes) is 1. The van der Waals surface area contributed by atoms with E-state index in [0.29, 0.717) is 77.8 Å². The Morgan fingerprint density at radius 1 is 0.322 bits per heavy atom. The lowest BCUT2D eigenvalue weighted by Gasteiger charge is -2.36. The number of nitrogens with zero attached hydrogens (tertiary/aromatic N) is 12. The summed E-state index contributed by atoms with van der Waals surface area (Å²) in [6.45, 7) is 7.87. The monoisotopic (exact) mass is 1550 g/mol. The number of hydrogen-bond donors (Lipinski definition) is 5. The van der Waals surface area contributed by atoms with Gasteiger partial charge in [0.2, 0.25) is 29.5 Å². The molecule has 0 bridgehead atoms. The number of rotatable bonds is 33. The van der Waals surface area contributed by atoms with Gasteiger partial charge < -0.3 is 64.9 Å². The molecule has 115 heavy (non-hydrogen) atoms. The van der Waals surface area contributed by atoms with Crippen molar-refractivity contribution in [2.75, 3.05) is 96.2 Å². The molecule has 8 aromatic carbocycles. The number of aromatic amines is 4. The average molecular weight is 1550 g/mol. The van der Waals surface area contributed by atoms with Crippen LogP contribution in [0.3, 0.4) is 0 Å². The lowest BCUT2D eigenvalue weighted by molar-refractivity contribution is -0.152. The molecule has 26 nitrogen and oxygen atoms in total. The van der Waals surface area contributed by atoms with E-state index in [1.165, 1.54) is 73.5 Å². The van der Waals surface area contributed by atoms with Crippen molar-refractivity contribution in [2.24, 2.45) is 5.73 Å². The minimum Gasteiger partial charge on any atom is -0.368 e. The zero-order valence-electron chi connectivity index (χ0n) is 67.4. The molecule has 0 unspecified atom stereocenters. The number of primary amides is 1. The number of amides is 7. The van der Waals surface area contributed by atoms with E-state index in [9.17, 15) is 43.2 Å². The van der Waals surface area contributed by atoms with Gasteiger partial charge in [-0.15, -0.1) is 0 Å². The maximum atomic E-state index is 14.1. The zero-order chi connectivity index (χ0) is 82.2. The van der Waals surface area contributed by atoms with E-state index in [1.807, 2.05) is 162 Å². The molecule has 0 fully saturated rings. The summed E-state index contributed by atoms with van der Waals surface area (Å²) in [4.78, 5) is 167. The van der Waals surface area contributed by atoms with Crippen LogP contribution < -0.4 is 5.73 Å². The van der Waals surface area contributed by atoms with E-state index in [4.69, 9.17) is 25.7 Å². The molecule has 12 rings (SSSR count). The third-order valence-electron chi connectivity index (χ3n) is 21.7. The Kier molecular flexibility index (Phi) is 25.2. The van der Waals surface area contributed by atoms with Crippen molar-refractivity contribution in [1.29, 1.82) is 0 Å². The smallest absolute Gasteiger partial charge is 0.254 e. The van der Waals surface area contributed by atoms with E-state index in [1.54, 1.807) is 55.3 Å². The third kappa shape index (κ3) is 18.8. The number of aromatic nitrogens is 8. The van der Waals surface area contributed by atoms with Crippen LogP contribution in [0.1, 0.15) is 108 Å². The molecule has 4 heterocycles. The van der Waals surface area contributed by atoms with Gasteiger partial charge in [0.25, 0.3) is 11.8 Å². The predicted molar refractivity (Wildman–Crippen MR) is 449 cm³/mol. The van der Waals surface area contributed by atoms with Crippen LogP contribution in [0.5, 0.6) is 0 Å². The SMILES string of the molecule is C[C@@H](C(=O)N(C)[C@@H](C)C(=O)N(C)[C@@H](C)C(=O)N(C)[C@@H](C)C(=O)N(CCCCN(C)C(=O)c1ccc(-c2nc3cc(-c4ccc5[nH]c(-c6ccc(C(=O)CCCN(C)C)cc6)nc5c4)ccc3[nH]2)cc1)CC(N)=O)N(C)C(=O)c1ccc(-c2nc3cc(-c4ccc5[nH]c(-c6ccc(C(=O)CCCN(C)C)cc6)nc5c4)ccc3[nH]2)cc1. The maximum Gasteiger partial charge on any atom is 0.254 e. The highest BCUT2D eigenvalue weighted by Gasteiger charge is 2.37. The summed E-state index contributed by atoms with van der Waals surface area (Å²) in [5.74, 6) is -0.722. The molecule has 12 aromatic rings. The van der Waals surface area contributed by atoms with Gasteiger partial charge in [-0.3, -0.25) is 43.2 Å². The van der Waals surface area contributed by atoms with Crippen molar-refractivity contribution in [1.82, 2.24) is 79.1 Å². The molecule has 6 N–H and O–H groups in total. The topological polar surface area (TPSA) is 320 Å². The summed E-state index contributed by atoms with van der Waals surface area (Å²) in [5, 5.41) is 0. The standard InChI is InChI=1S/C89H99N17O9/c1-53(103(11)86(112)55(3)105(13)89(115)64-34-30-62(31-35-64)83-94-72-43-39-68(51-76(72)98-83)66-37-41-70-74(49-66)96-81(92-70)60-26-22-58(23-27-60)78(108)19-17-45-100(7)8)84(110)102(10)54(2)85(111)104(12)56(4)87(113)106(52-79(90)109)47-15-14-46-101(9)88(114)63-32-28-61(29-33-63)82-93-71-42-38-67(50-75(71)97-82)65-36-40-69-73(48-65)95-80(91-69)59-24-20-57(21-25-59)77(107)18-16-44-99(5)6/h20-43,48-51,53-56H,14-19,44-47,52H2,1-13H3,(H2,90,109)(H,91,95)(H,92,96)(H,93,97)(H,94,98)/t53-,54-,55-,56-/m0/s1. The molecule has 0 aliphatic heterocycles. The highest BCUT2D eigenvalue weighted by Crippen LogP contribution is 2.33. The first-order chi connectivity index (χ1) is 55.0. The number of likely N-dealkylation sites (N-methyl/N-ethyl adjacent to an activating group) is 4. The highest BCUT2D eigenvalue weighted by molar-refractivity contribution is 6.01. The summed E-state index contributed by atoms with van der Waals surface area (Å²) >= 11 is 0. The van der Waals surface area contributed by atoms with Crippen molar-refractivity contribution in [3.05, 3.63) is 192 Å².